The van der Waals surface area contributed by atoms with Crippen molar-refractivity contribution >= 4 is 37.4 Å². The van der Waals surface area contributed by atoms with E-state index in [2.05, 4.69) is 5.32 Å². The molecule has 164 valence electrons. The van der Waals surface area contributed by atoms with Crippen LogP contribution in [-0.4, -0.2) is 44.9 Å². The number of nitrogens with one attached hydrogen (secondary N) is 1. The summed E-state index contributed by atoms with van der Waals surface area (Å²) in [5, 5.41) is 3.71. The molecule has 3 aromatic rings. The Balaban J connectivity index is 1.72. The molecular weight excluding hydrogens is 439 g/mol. The number of benzene rings is 2. The summed E-state index contributed by atoms with van der Waals surface area (Å²) < 4.78 is 48.3. The molecule has 0 radical (unpaired) electrons. The Hall–Kier alpha value is -2.33. The highest BCUT2D eigenvalue weighted by Gasteiger charge is 2.35. The Bertz CT molecular complexity index is 1240. The molecule has 1 unspecified atom stereocenters. The van der Waals surface area contributed by atoms with Gasteiger partial charge in [-0.25, -0.2) is 12.8 Å². The SMILES string of the molecule is CCNC(=O)c1sc2ccccc2c1C1CN(S(=O)(=O)c2ccc(F)c(C)c2)CCO1. The number of sulfonamides is 1. The number of hydrogen-bond acceptors (Lipinski definition) is 5. The number of halogens is 1. The number of fused-ring (bicyclic) bond motifs is 1. The number of nitrogens with zero attached hydrogens (tertiary/aromatic N) is 1. The average molecular weight is 463 g/mol. The molecule has 2 heterocycles. The van der Waals surface area contributed by atoms with Crippen LogP contribution in [0.25, 0.3) is 10.1 Å². The zero-order valence-corrected chi connectivity index (χ0v) is 18.9. The molecule has 1 saturated heterocycles. The van der Waals surface area contributed by atoms with Gasteiger partial charge in [-0.05, 0) is 49.1 Å². The highest BCUT2D eigenvalue weighted by atomic mass is 32.2. The normalized spacial score (nSPS) is 17.7. The molecule has 1 aliphatic heterocycles. The first-order chi connectivity index (χ1) is 14.8. The van der Waals surface area contributed by atoms with Gasteiger partial charge in [-0.1, -0.05) is 18.2 Å². The third-order valence-electron chi connectivity index (χ3n) is 5.30. The van der Waals surface area contributed by atoms with Crippen molar-refractivity contribution in [1.82, 2.24) is 9.62 Å². The van der Waals surface area contributed by atoms with Gasteiger partial charge in [0.05, 0.1) is 22.5 Å². The van der Waals surface area contributed by atoms with Crippen molar-refractivity contribution in [3.05, 3.63) is 64.3 Å². The Kier molecular flexibility index (Phi) is 6.11. The third-order valence-corrected chi connectivity index (χ3v) is 8.34. The fourth-order valence-electron chi connectivity index (χ4n) is 3.74. The Morgan fingerprint density at radius 1 is 1.29 bits per heavy atom. The van der Waals surface area contributed by atoms with Crippen LogP contribution in [0.5, 0.6) is 0 Å². The summed E-state index contributed by atoms with van der Waals surface area (Å²) in [6, 6.07) is 11.4. The minimum absolute atomic E-state index is 0.0474. The summed E-state index contributed by atoms with van der Waals surface area (Å²) in [6.07, 6.45) is -0.584. The number of carbonyl (C=O) groups is 1. The monoisotopic (exact) mass is 462 g/mol. The predicted molar refractivity (Wildman–Crippen MR) is 118 cm³/mol. The van der Waals surface area contributed by atoms with Crippen LogP contribution in [0, 0.1) is 12.7 Å². The molecule has 1 fully saturated rings. The fourth-order valence-corrected chi connectivity index (χ4v) is 6.42. The van der Waals surface area contributed by atoms with E-state index in [1.165, 1.54) is 40.8 Å². The summed E-state index contributed by atoms with van der Waals surface area (Å²) >= 11 is 1.37. The van der Waals surface area contributed by atoms with Crippen molar-refractivity contribution in [3.63, 3.8) is 0 Å². The Labute approximate surface area is 184 Å². The minimum atomic E-state index is -3.83. The van der Waals surface area contributed by atoms with Gasteiger partial charge >= 0.3 is 0 Å². The lowest BCUT2D eigenvalue weighted by atomic mass is 10.0. The lowest BCUT2D eigenvalue weighted by Gasteiger charge is -2.32. The number of carbonyl (C=O) groups excluding carboxylic acids is 1. The van der Waals surface area contributed by atoms with E-state index in [9.17, 15) is 17.6 Å². The van der Waals surface area contributed by atoms with Crippen molar-refractivity contribution < 1.29 is 22.3 Å². The second-order valence-electron chi connectivity index (χ2n) is 7.33. The summed E-state index contributed by atoms with van der Waals surface area (Å²) in [6.45, 7) is 4.33. The zero-order chi connectivity index (χ0) is 22.2. The molecule has 31 heavy (non-hydrogen) atoms. The van der Waals surface area contributed by atoms with Crippen LogP contribution < -0.4 is 5.32 Å². The van der Waals surface area contributed by atoms with Gasteiger partial charge in [0.15, 0.2) is 0 Å². The van der Waals surface area contributed by atoms with Crippen LogP contribution in [0.4, 0.5) is 4.39 Å². The average Bonchev–Trinajstić information content (AvgIpc) is 3.15. The van der Waals surface area contributed by atoms with Crippen LogP contribution in [0.3, 0.4) is 0 Å². The number of amides is 1. The number of ether oxygens (including phenoxy) is 1. The van der Waals surface area contributed by atoms with E-state index in [1.807, 2.05) is 31.2 Å². The largest absolute Gasteiger partial charge is 0.371 e. The summed E-state index contributed by atoms with van der Waals surface area (Å²) in [7, 11) is -3.83. The molecule has 0 saturated carbocycles. The van der Waals surface area contributed by atoms with Gasteiger partial charge in [0.2, 0.25) is 10.0 Å². The molecule has 0 bridgehead atoms. The third kappa shape index (κ3) is 4.10. The number of thiophene rings is 1. The van der Waals surface area contributed by atoms with E-state index in [0.717, 1.165) is 10.1 Å². The maximum Gasteiger partial charge on any atom is 0.261 e. The van der Waals surface area contributed by atoms with Gasteiger partial charge in [-0.15, -0.1) is 11.3 Å². The maximum atomic E-state index is 13.6. The maximum absolute atomic E-state index is 13.6. The van der Waals surface area contributed by atoms with Crippen molar-refractivity contribution in [2.75, 3.05) is 26.2 Å². The lowest BCUT2D eigenvalue weighted by molar-refractivity contribution is -0.00192. The van der Waals surface area contributed by atoms with Crippen LogP contribution >= 0.6 is 11.3 Å². The first kappa shape index (κ1) is 21.9. The van der Waals surface area contributed by atoms with E-state index in [-0.39, 0.29) is 36.1 Å². The van der Waals surface area contributed by atoms with E-state index in [0.29, 0.717) is 17.0 Å². The smallest absolute Gasteiger partial charge is 0.261 e. The molecule has 1 N–H and O–H groups in total. The topological polar surface area (TPSA) is 75.7 Å². The number of morpholine rings is 1. The summed E-state index contributed by atoms with van der Waals surface area (Å²) in [5.41, 5.74) is 0.981. The highest BCUT2D eigenvalue weighted by molar-refractivity contribution is 7.89. The van der Waals surface area contributed by atoms with E-state index in [4.69, 9.17) is 4.74 Å². The van der Waals surface area contributed by atoms with Gasteiger partial charge in [0.1, 0.15) is 5.82 Å². The minimum Gasteiger partial charge on any atom is -0.371 e. The number of hydrogen-bond donors (Lipinski definition) is 1. The molecule has 0 aliphatic carbocycles. The second kappa shape index (κ2) is 8.66. The highest BCUT2D eigenvalue weighted by Crippen LogP contribution is 2.39. The quantitative estimate of drug-likeness (QED) is 0.625. The molecule has 4 rings (SSSR count). The van der Waals surface area contributed by atoms with Crippen LogP contribution in [-0.2, 0) is 14.8 Å². The molecular formula is C22H23FN2O4S2. The van der Waals surface area contributed by atoms with E-state index < -0.39 is 21.9 Å². The van der Waals surface area contributed by atoms with Crippen molar-refractivity contribution in [1.29, 1.82) is 0 Å². The summed E-state index contributed by atoms with van der Waals surface area (Å²) in [4.78, 5) is 13.3. The van der Waals surface area contributed by atoms with E-state index in [1.54, 1.807) is 0 Å². The molecule has 1 amide bonds. The standard InChI is InChI=1S/C22H23FN2O4S2/c1-3-24-22(26)21-20(16-6-4-5-7-19(16)30-21)18-13-25(10-11-29-18)31(27,28)15-8-9-17(23)14(2)12-15/h4-9,12,18H,3,10-11,13H2,1-2H3,(H,24,26). The zero-order valence-electron chi connectivity index (χ0n) is 17.2. The molecule has 2 aromatic carbocycles. The fraction of sp³-hybridized carbons (Fsp3) is 0.318. The number of aryl methyl sites for hydroxylation is 1. The van der Waals surface area contributed by atoms with Crippen LogP contribution in [0.1, 0.15) is 33.8 Å². The Morgan fingerprint density at radius 2 is 2.06 bits per heavy atom. The summed E-state index contributed by atoms with van der Waals surface area (Å²) in [5.74, 6) is -0.647. The van der Waals surface area contributed by atoms with Crippen molar-refractivity contribution in [3.8, 4) is 0 Å². The first-order valence-corrected chi connectivity index (χ1v) is 12.3. The van der Waals surface area contributed by atoms with Gasteiger partial charge in [-0.3, -0.25) is 4.79 Å². The van der Waals surface area contributed by atoms with Gasteiger partial charge < -0.3 is 10.1 Å². The second-order valence-corrected chi connectivity index (χ2v) is 10.3. The van der Waals surface area contributed by atoms with E-state index >= 15 is 0 Å². The molecule has 9 heteroatoms. The molecule has 1 atom stereocenters. The van der Waals surface area contributed by atoms with Gasteiger partial charge in [-0.2, -0.15) is 4.31 Å². The first-order valence-electron chi connectivity index (χ1n) is 10.0. The van der Waals surface area contributed by atoms with Crippen LogP contribution in [0.15, 0.2) is 47.4 Å². The lowest BCUT2D eigenvalue weighted by Crippen LogP contribution is -2.42. The van der Waals surface area contributed by atoms with Crippen LogP contribution in [0.2, 0.25) is 0 Å². The molecule has 0 spiro atoms. The molecule has 1 aliphatic rings. The predicted octanol–water partition coefficient (Wildman–Crippen LogP) is 3.86. The Morgan fingerprint density at radius 3 is 2.81 bits per heavy atom. The molecule has 6 nitrogen and oxygen atoms in total. The molecule has 1 aromatic heterocycles. The van der Waals surface area contributed by atoms with Gasteiger partial charge in [0.25, 0.3) is 5.91 Å². The number of rotatable bonds is 5. The van der Waals surface area contributed by atoms with Crippen molar-refractivity contribution in [2.45, 2.75) is 24.8 Å². The van der Waals surface area contributed by atoms with Crippen molar-refractivity contribution in [2.24, 2.45) is 0 Å². The van der Waals surface area contributed by atoms with Gasteiger partial charge in [0, 0.05) is 29.9 Å².